The number of hydrogen-bond acceptors (Lipinski definition) is 2. The third-order valence-electron chi connectivity index (χ3n) is 3.62. The molecule has 0 radical (unpaired) electrons. The molecular formula is C15H22N6O. The standard InChI is InChI=1S/C15H22N6O/c1-9-6-7-11(19-13(22)10-4-2-3-5-10)12(8-9)20-15(18)21-14(16)17/h6-8,10H,2-5H2,1H3,(H,19,22)(H6,16,17,18,20,21). The normalized spacial score (nSPS) is 15.6. The van der Waals surface area contributed by atoms with Crippen LogP contribution in [0.5, 0.6) is 0 Å². The fourth-order valence-corrected chi connectivity index (χ4v) is 2.54. The summed E-state index contributed by atoms with van der Waals surface area (Å²) >= 11 is 0. The summed E-state index contributed by atoms with van der Waals surface area (Å²) < 4.78 is 0. The van der Waals surface area contributed by atoms with Crippen molar-refractivity contribution in [2.45, 2.75) is 32.6 Å². The van der Waals surface area contributed by atoms with Crippen LogP contribution in [0.1, 0.15) is 31.2 Å². The number of carbonyl (C=O) groups excluding carboxylic acids is 1. The number of rotatable bonds is 3. The van der Waals surface area contributed by atoms with Gasteiger partial charge in [-0.25, -0.2) is 4.99 Å². The van der Waals surface area contributed by atoms with Crippen molar-refractivity contribution < 1.29 is 4.79 Å². The van der Waals surface area contributed by atoms with Gasteiger partial charge in [-0.2, -0.15) is 4.99 Å². The van der Waals surface area contributed by atoms with Crippen molar-refractivity contribution in [1.29, 1.82) is 0 Å². The van der Waals surface area contributed by atoms with Gasteiger partial charge in [-0.1, -0.05) is 18.9 Å². The lowest BCUT2D eigenvalue weighted by Gasteiger charge is -2.13. The molecule has 1 saturated carbocycles. The highest BCUT2D eigenvalue weighted by Gasteiger charge is 2.23. The van der Waals surface area contributed by atoms with E-state index in [4.69, 9.17) is 17.2 Å². The highest BCUT2D eigenvalue weighted by Crippen LogP contribution is 2.30. The van der Waals surface area contributed by atoms with E-state index in [-0.39, 0.29) is 23.7 Å². The second kappa shape index (κ2) is 6.93. The van der Waals surface area contributed by atoms with Gasteiger partial charge < -0.3 is 22.5 Å². The molecule has 0 aliphatic heterocycles. The highest BCUT2D eigenvalue weighted by molar-refractivity contribution is 5.98. The quantitative estimate of drug-likeness (QED) is 0.495. The monoisotopic (exact) mass is 302 g/mol. The minimum atomic E-state index is -0.162. The van der Waals surface area contributed by atoms with Crippen LogP contribution in [0.15, 0.2) is 28.2 Å². The molecular weight excluding hydrogens is 280 g/mol. The molecule has 118 valence electrons. The zero-order chi connectivity index (χ0) is 16.1. The first-order valence-electron chi connectivity index (χ1n) is 7.31. The molecule has 7 nitrogen and oxygen atoms in total. The van der Waals surface area contributed by atoms with Crippen LogP contribution >= 0.6 is 0 Å². The number of aliphatic imine (C=N–C) groups is 2. The SMILES string of the molecule is Cc1ccc(NC(=O)C2CCCC2)c(N=C(N)N=C(N)N)c1. The van der Waals surface area contributed by atoms with Crippen molar-refractivity contribution >= 4 is 29.2 Å². The van der Waals surface area contributed by atoms with Crippen LogP contribution in [0.3, 0.4) is 0 Å². The summed E-state index contributed by atoms with van der Waals surface area (Å²) in [6.45, 7) is 1.93. The lowest BCUT2D eigenvalue weighted by molar-refractivity contribution is -0.119. The Morgan fingerprint density at radius 1 is 1.23 bits per heavy atom. The molecule has 1 aromatic carbocycles. The van der Waals surface area contributed by atoms with Crippen LogP contribution in [0.4, 0.5) is 11.4 Å². The molecule has 7 heteroatoms. The van der Waals surface area contributed by atoms with Gasteiger partial charge in [0, 0.05) is 5.92 Å². The number of aryl methyl sites for hydroxylation is 1. The Bertz CT molecular complexity index is 612. The Morgan fingerprint density at radius 2 is 1.91 bits per heavy atom. The predicted octanol–water partition coefficient (Wildman–Crippen LogP) is 1.34. The summed E-state index contributed by atoms with van der Waals surface area (Å²) in [4.78, 5) is 20.1. The van der Waals surface area contributed by atoms with Gasteiger partial charge >= 0.3 is 0 Å². The van der Waals surface area contributed by atoms with E-state index >= 15 is 0 Å². The fraction of sp³-hybridized carbons (Fsp3) is 0.400. The third kappa shape index (κ3) is 4.21. The molecule has 1 aliphatic carbocycles. The van der Waals surface area contributed by atoms with Gasteiger partial charge in [0.05, 0.1) is 11.4 Å². The van der Waals surface area contributed by atoms with Gasteiger partial charge in [-0.15, -0.1) is 0 Å². The molecule has 1 fully saturated rings. The Labute approximate surface area is 129 Å². The fourth-order valence-electron chi connectivity index (χ4n) is 2.54. The number of amides is 1. The molecule has 1 aromatic rings. The number of hydrogen-bond donors (Lipinski definition) is 4. The molecule has 22 heavy (non-hydrogen) atoms. The van der Waals surface area contributed by atoms with Crippen molar-refractivity contribution in [2.24, 2.45) is 33.1 Å². The zero-order valence-corrected chi connectivity index (χ0v) is 12.7. The minimum absolute atomic E-state index is 0.0261. The van der Waals surface area contributed by atoms with E-state index < -0.39 is 0 Å². The summed E-state index contributed by atoms with van der Waals surface area (Å²) in [6.07, 6.45) is 4.09. The van der Waals surface area contributed by atoms with Gasteiger partial charge in [-0.3, -0.25) is 4.79 Å². The van der Waals surface area contributed by atoms with Gasteiger partial charge in [0.1, 0.15) is 0 Å². The second-order valence-corrected chi connectivity index (χ2v) is 5.50. The van der Waals surface area contributed by atoms with E-state index in [1.165, 1.54) is 0 Å². The predicted molar refractivity (Wildman–Crippen MR) is 88.9 cm³/mol. The number of anilines is 1. The largest absolute Gasteiger partial charge is 0.370 e. The summed E-state index contributed by atoms with van der Waals surface area (Å²) in [5.41, 5.74) is 18.4. The van der Waals surface area contributed by atoms with Crippen LogP contribution in [0.25, 0.3) is 0 Å². The third-order valence-corrected chi connectivity index (χ3v) is 3.62. The van der Waals surface area contributed by atoms with Crippen LogP contribution < -0.4 is 22.5 Å². The maximum Gasteiger partial charge on any atom is 0.227 e. The Hall–Kier alpha value is -2.57. The van der Waals surface area contributed by atoms with Gasteiger partial charge in [0.2, 0.25) is 11.9 Å². The van der Waals surface area contributed by atoms with Crippen LogP contribution in [0, 0.1) is 12.8 Å². The number of benzene rings is 1. The summed E-state index contributed by atoms with van der Waals surface area (Å²) in [5.74, 6) is -0.112. The summed E-state index contributed by atoms with van der Waals surface area (Å²) in [5, 5.41) is 2.93. The highest BCUT2D eigenvalue weighted by atomic mass is 16.1. The smallest absolute Gasteiger partial charge is 0.227 e. The molecule has 0 unspecified atom stereocenters. The average molecular weight is 302 g/mol. The zero-order valence-electron chi connectivity index (χ0n) is 12.7. The van der Waals surface area contributed by atoms with Crippen molar-refractivity contribution in [3.05, 3.63) is 23.8 Å². The molecule has 0 aromatic heterocycles. The van der Waals surface area contributed by atoms with E-state index in [2.05, 4.69) is 15.3 Å². The number of nitrogens with one attached hydrogen (secondary N) is 1. The van der Waals surface area contributed by atoms with Crippen molar-refractivity contribution in [2.75, 3.05) is 5.32 Å². The Kier molecular flexibility index (Phi) is 4.98. The van der Waals surface area contributed by atoms with Gasteiger partial charge in [0.25, 0.3) is 0 Å². The molecule has 0 bridgehead atoms. The Balaban J connectivity index is 2.23. The summed E-state index contributed by atoms with van der Waals surface area (Å²) in [6, 6.07) is 5.53. The first-order chi connectivity index (χ1) is 10.5. The molecule has 2 rings (SSSR count). The van der Waals surface area contributed by atoms with Crippen LogP contribution in [-0.2, 0) is 4.79 Å². The van der Waals surface area contributed by atoms with Gasteiger partial charge in [-0.05, 0) is 37.5 Å². The summed E-state index contributed by atoms with van der Waals surface area (Å²) in [7, 11) is 0. The average Bonchev–Trinajstić information content (AvgIpc) is 2.94. The first-order valence-corrected chi connectivity index (χ1v) is 7.31. The van der Waals surface area contributed by atoms with E-state index in [1.54, 1.807) is 0 Å². The number of nitrogens with two attached hydrogens (primary N) is 3. The van der Waals surface area contributed by atoms with Crippen LogP contribution in [0.2, 0.25) is 0 Å². The van der Waals surface area contributed by atoms with Crippen molar-refractivity contribution in [3.8, 4) is 0 Å². The second-order valence-electron chi connectivity index (χ2n) is 5.50. The molecule has 0 spiro atoms. The van der Waals surface area contributed by atoms with E-state index in [9.17, 15) is 4.79 Å². The maximum atomic E-state index is 12.3. The lowest BCUT2D eigenvalue weighted by Crippen LogP contribution is -2.26. The van der Waals surface area contributed by atoms with Crippen molar-refractivity contribution in [3.63, 3.8) is 0 Å². The maximum absolute atomic E-state index is 12.3. The number of carbonyl (C=O) groups is 1. The topological polar surface area (TPSA) is 132 Å². The molecule has 0 saturated heterocycles. The van der Waals surface area contributed by atoms with Crippen molar-refractivity contribution in [1.82, 2.24) is 0 Å². The molecule has 1 amide bonds. The van der Waals surface area contributed by atoms with E-state index in [1.807, 2.05) is 25.1 Å². The lowest BCUT2D eigenvalue weighted by atomic mass is 10.1. The van der Waals surface area contributed by atoms with E-state index in [0.717, 1.165) is 31.2 Å². The van der Waals surface area contributed by atoms with Gasteiger partial charge in [0.15, 0.2) is 5.96 Å². The molecule has 0 heterocycles. The van der Waals surface area contributed by atoms with Crippen LogP contribution in [-0.4, -0.2) is 17.8 Å². The first kappa shape index (κ1) is 15.8. The Morgan fingerprint density at radius 3 is 2.55 bits per heavy atom. The van der Waals surface area contributed by atoms with E-state index in [0.29, 0.717) is 11.4 Å². The molecule has 7 N–H and O–H groups in total. The number of nitrogens with zero attached hydrogens (tertiary/aromatic N) is 2. The number of guanidine groups is 2. The minimum Gasteiger partial charge on any atom is -0.370 e. The molecule has 1 aliphatic rings. The molecule has 0 atom stereocenters.